The van der Waals surface area contributed by atoms with Crippen LogP contribution < -0.4 is 11.1 Å². The van der Waals surface area contributed by atoms with Crippen molar-refractivity contribution < 1.29 is 9.59 Å². The van der Waals surface area contributed by atoms with Crippen LogP contribution in [0.3, 0.4) is 0 Å². The molecule has 0 spiro atoms. The van der Waals surface area contributed by atoms with E-state index in [9.17, 15) is 9.59 Å². The Kier molecular flexibility index (Phi) is 8.76. The molecule has 1 rings (SSSR count). The Morgan fingerprint density at radius 1 is 1.47 bits per heavy atom. The summed E-state index contributed by atoms with van der Waals surface area (Å²) in [7, 11) is 0. The fourth-order valence-corrected chi connectivity index (χ4v) is 2.17. The minimum atomic E-state index is -0.269. The van der Waals surface area contributed by atoms with Gasteiger partial charge < -0.3 is 16.0 Å². The van der Waals surface area contributed by atoms with E-state index < -0.39 is 0 Å². The van der Waals surface area contributed by atoms with E-state index in [4.69, 9.17) is 5.73 Å². The van der Waals surface area contributed by atoms with E-state index in [0.29, 0.717) is 26.1 Å². The van der Waals surface area contributed by atoms with Crippen LogP contribution in [0.15, 0.2) is 0 Å². The normalized spacial score (nSPS) is 19.7. The van der Waals surface area contributed by atoms with Crippen molar-refractivity contribution in [1.29, 1.82) is 0 Å². The number of carbonyl (C=O) groups excluding carboxylic acids is 2. The van der Waals surface area contributed by atoms with Crippen LogP contribution in [-0.4, -0.2) is 42.4 Å². The van der Waals surface area contributed by atoms with Gasteiger partial charge in [-0.2, -0.15) is 0 Å². The molecular formula is C13H26ClN3O2. The summed E-state index contributed by atoms with van der Waals surface area (Å²) in [5.74, 6) is 0.342. The molecule has 112 valence electrons. The molecule has 5 nitrogen and oxygen atoms in total. The van der Waals surface area contributed by atoms with Crippen molar-refractivity contribution in [2.24, 2.45) is 11.7 Å². The zero-order valence-corrected chi connectivity index (χ0v) is 12.7. The van der Waals surface area contributed by atoms with Gasteiger partial charge in [0.1, 0.15) is 6.04 Å². The molecule has 19 heavy (non-hydrogen) atoms. The van der Waals surface area contributed by atoms with Crippen molar-refractivity contribution in [1.82, 2.24) is 10.2 Å². The number of halogens is 1. The second kappa shape index (κ2) is 9.15. The first-order valence-electron chi connectivity index (χ1n) is 6.87. The van der Waals surface area contributed by atoms with Gasteiger partial charge in [-0.3, -0.25) is 9.59 Å². The van der Waals surface area contributed by atoms with Crippen LogP contribution in [0.4, 0.5) is 0 Å². The van der Waals surface area contributed by atoms with Gasteiger partial charge >= 0.3 is 0 Å². The molecule has 1 saturated heterocycles. The van der Waals surface area contributed by atoms with Gasteiger partial charge in [0.05, 0.1) is 0 Å². The monoisotopic (exact) mass is 291 g/mol. The first-order valence-corrected chi connectivity index (χ1v) is 6.87. The van der Waals surface area contributed by atoms with E-state index in [-0.39, 0.29) is 36.2 Å². The number of nitrogens with zero attached hydrogens (tertiary/aromatic N) is 1. The predicted molar refractivity (Wildman–Crippen MR) is 78.1 cm³/mol. The quantitative estimate of drug-likeness (QED) is 0.764. The summed E-state index contributed by atoms with van der Waals surface area (Å²) in [6.07, 6.45) is 3.05. The van der Waals surface area contributed by atoms with E-state index in [1.807, 2.05) is 13.8 Å². The third-order valence-corrected chi connectivity index (χ3v) is 3.37. The second-order valence-corrected chi connectivity index (χ2v) is 5.08. The first-order chi connectivity index (χ1) is 8.60. The van der Waals surface area contributed by atoms with Crippen LogP contribution in [-0.2, 0) is 9.59 Å². The lowest BCUT2D eigenvalue weighted by atomic mass is 10.1. The molecule has 1 aliphatic heterocycles. The molecular weight excluding hydrogens is 266 g/mol. The first kappa shape index (κ1) is 18.2. The molecule has 2 atom stereocenters. The molecule has 0 bridgehead atoms. The Morgan fingerprint density at radius 3 is 2.74 bits per heavy atom. The number of likely N-dealkylation sites (tertiary alicyclic amines) is 1. The van der Waals surface area contributed by atoms with Crippen molar-refractivity contribution in [3.8, 4) is 0 Å². The Bertz CT molecular complexity index is 300. The van der Waals surface area contributed by atoms with Gasteiger partial charge in [0.15, 0.2) is 0 Å². The van der Waals surface area contributed by atoms with E-state index in [2.05, 4.69) is 5.32 Å². The highest BCUT2D eigenvalue weighted by molar-refractivity contribution is 5.88. The number of carbonyl (C=O) groups is 2. The largest absolute Gasteiger partial charge is 0.354 e. The van der Waals surface area contributed by atoms with Gasteiger partial charge in [-0.05, 0) is 31.7 Å². The van der Waals surface area contributed by atoms with E-state index in [1.165, 1.54) is 0 Å². The van der Waals surface area contributed by atoms with Crippen molar-refractivity contribution in [3.05, 3.63) is 0 Å². The standard InChI is InChI=1S/C13H25N3O2.ClH/c1-3-5-12(17)16-7-4-6-11(16)13(18)15-9-10(2)8-14;/h10-11H,3-9,14H2,1-2H3,(H,15,18);1H. The van der Waals surface area contributed by atoms with Gasteiger partial charge in [0.2, 0.25) is 11.8 Å². The zero-order valence-electron chi connectivity index (χ0n) is 11.9. The minimum Gasteiger partial charge on any atom is -0.354 e. The maximum Gasteiger partial charge on any atom is 0.242 e. The highest BCUT2D eigenvalue weighted by Gasteiger charge is 2.33. The molecule has 1 aliphatic rings. The summed E-state index contributed by atoms with van der Waals surface area (Å²) in [5.41, 5.74) is 5.51. The summed E-state index contributed by atoms with van der Waals surface area (Å²) in [6, 6.07) is -0.269. The van der Waals surface area contributed by atoms with Gasteiger partial charge in [-0.1, -0.05) is 13.8 Å². The second-order valence-electron chi connectivity index (χ2n) is 5.08. The summed E-state index contributed by atoms with van der Waals surface area (Å²) < 4.78 is 0. The minimum absolute atomic E-state index is 0. The van der Waals surface area contributed by atoms with Gasteiger partial charge in [0, 0.05) is 19.5 Å². The maximum absolute atomic E-state index is 12.0. The molecule has 0 aromatic heterocycles. The number of amides is 2. The van der Waals surface area contributed by atoms with E-state index >= 15 is 0 Å². The lowest BCUT2D eigenvalue weighted by molar-refractivity contribution is -0.138. The Labute approximate surface area is 121 Å². The van der Waals surface area contributed by atoms with Crippen LogP contribution in [0, 0.1) is 5.92 Å². The van der Waals surface area contributed by atoms with Crippen molar-refractivity contribution >= 4 is 24.2 Å². The third kappa shape index (κ3) is 5.37. The summed E-state index contributed by atoms with van der Waals surface area (Å²) in [6.45, 7) is 5.83. The molecule has 6 heteroatoms. The molecule has 0 saturated carbocycles. The Balaban J connectivity index is 0.00000324. The highest BCUT2D eigenvalue weighted by atomic mass is 35.5. The van der Waals surface area contributed by atoms with Crippen molar-refractivity contribution in [2.75, 3.05) is 19.6 Å². The fourth-order valence-electron chi connectivity index (χ4n) is 2.17. The van der Waals surface area contributed by atoms with Gasteiger partial charge in [-0.15, -0.1) is 12.4 Å². The third-order valence-electron chi connectivity index (χ3n) is 3.37. The zero-order chi connectivity index (χ0) is 13.5. The Morgan fingerprint density at radius 2 is 2.16 bits per heavy atom. The fraction of sp³-hybridized carbons (Fsp3) is 0.846. The van der Waals surface area contributed by atoms with Crippen LogP contribution in [0.25, 0.3) is 0 Å². The smallest absolute Gasteiger partial charge is 0.242 e. The van der Waals surface area contributed by atoms with E-state index in [0.717, 1.165) is 19.3 Å². The number of nitrogens with one attached hydrogen (secondary N) is 1. The molecule has 0 aromatic carbocycles. The van der Waals surface area contributed by atoms with E-state index in [1.54, 1.807) is 4.90 Å². The van der Waals surface area contributed by atoms with Crippen molar-refractivity contribution in [2.45, 2.75) is 45.6 Å². The average Bonchev–Trinajstić information content (AvgIpc) is 2.85. The summed E-state index contributed by atoms with van der Waals surface area (Å²) in [4.78, 5) is 25.6. The molecule has 0 aromatic rings. The van der Waals surface area contributed by atoms with Gasteiger partial charge in [-0.25, -0.2) is 0 Å². The number of hydrogen-bond acceptors (Lipinski definition) is 3. The lowest BCUT2D eigenvalue weighted by Gasteiger charge is -2.24. The molecule has 1 fully saturated rings. The molecule has 2 amide bonds. The number of rotatable bonds is 6. The molecule has 0 aliphatic carbocycles. The van der Waals surface area contributed by atoms with Crippen LogP contribution in [0.2, 0.25) is 0 Å². The number of nitrogens with two attached hydrogens (primary N) is 1. The van der Waals surface area contributed by atoms with Crippen LogP contribution in [0.1, 0.15) is 39.5 Å². The summed E-state index contributed by atoms with van der Waals surface area (Å²) in [5, 5.41) is 2.89. The average molecular weight is 292 g/mol. The van der Waals surface area contributed by atoms with Gasteiger partial charge in [0.25, 0.3) is 0 Å². The van der Waals surface area contributed by atoms with Crippen molar-refractivity contribution in [3.63, 3.8) is 0 Å². The molecule has 0 radical (unpaired) electrons. The predicted octanol–water partition coefficient (Wildman–Crippen LogP) is 0.910. The maximum atomic E-state index is 12.0. The lowest BCUT2D eigenvalue weighted by Crippen LogP contribution is -2.47. The SMILES string of the molecule is CCCC(=O)N1CCCC1C(=O)NCC(C)CN.Cl. The highest BCUT2D eigenvalue weighted by Crippen LogP contribution is 2.18. The molecule has 2 unspecified atom stereocenters. The topological polar surface area (TPSA) is 75.4 Å². The summed E-state index contributed by atoms with van der Waals surface area (Å²) >= 11 is 0. The van der Waals surface area contributed by atoms with Crippen LogP contribution >= 0.6 is 12.4 Å². The molecule has 1 heterocycles. The van der Waals surface area contributed by atoms with Crippen LogP contribution in [0.5, 0.6) is 0 Å². The Hall–Kier alpha value is -0.810. The molecule has 3 N–H and O–H groups in total. The number of hydrogen-bond donors (Lipinski definition) is 2.